The molecule has 3 heteroatoms. The van der Waals surface area contributed by atoms with Gasteiger partial charge in [-0.15, -0.1) is 0 Å². The monoisotopic (exact) mass is 286 g/mol. The first-order valence-corrected chi connectivity index (χ1v) is 8.09. The molecule has 0 heterocycles. The molecule has 0 aromatic heterocycles. The topological polar surface area (TPSA) is 34.1 Å². The second kappa shape index (κ2) is 7.15. The second-order valence-corrected chi connectivity index (χ2v) is 6.31. The molecular weight excluding hydrogens is 268 g/mol. The summed E-state index contributed by atoms with van der Waals surface area (Å²) < 4.78 is 12.1. The third-order valence-electron chi connectivity index (χ3n) is 3.14. The number of hydrogen-bond acceptors (Lipinski definition) is 2. The van der Waals surface area contributed by atoms with Gasteiger partial charge in [-0.1, -0.05) is 54.6 Å². The fourth-order valence-corrected chi connectivity index (χ4v) is 3.28. The molecule has 2 nitrogen and oxygen atoms in total. The number of benzene rings is 2. The zero-order chi connectivity index (χ0) is 14.4. The molecule has 0 saturated heterocycles. The van der Waals surface area contributed by atoms with Gasteiger partial charge in [0.25, 0.3) is 0 Å². The van der Waals surface area contributed by atoms with Crippen LogP contribution in [-0.4, -0.2) is 15.7 Å². The number of carbonyl (C=O) groups excluding carboxylic acids is 1. The molecule has 20 heavy (non-hydrogen) atoms. The third-order valence-corrected chi connectivity index (χ3v) is 4.42. The summed E-state index contributed by atoms with van der Waals surface area (Å²) in [7, 11) is -1.13. The Morgan fingerprint density at radius 3 is 2.35 bits per heavy atom. The van der Waals surface area contributed by atoms with Gasteiger partial charge < -0.3 is 0 Å². The smallest absolute Gasteiger partial charge is 0.149 e. The van der Waals surface area contributed by atoms with Gasteiger partial charge in [-0.3, -0.25) is 9.00 Å². The molecule has 0 N–H and O–H groups in total. The molecule has 0 bridgehead atoms. The normalized spacial score (nSPS) is 12.1. The quantitative estimate of drug-likeness (QED) is 0.818. The number of aryl methyl sites for hydroxylation is 1. The number of carbonyl (C=O) groups is 1. The zero-order valence-corrected chi connectivity index (χ0v) is 12.4. The van der Waals surface area contributed by atoms with Crippen LogP contribution in [0.15, 0.2) is 54.6 Å². The Morgan fingerprint density at radius 1 is 1.00 bits per heavy atom. The Hall–Kier alpha value is -1.74. The molecule has 0 radical (unpaired) electrons. The molecule has 2 aromatic rings. The van der Waals surface area contributed by atoms with Gasteiger partial charge in [0.05, 0.1) is 5.75 Å². The third kappa shape index (κ3) is 4.42. The van der Waals surface area contributed by atoms with E-state index in [-0.39, 0.29) is 11.5 Å². The molecule has 0 aliphatic heterocycles. The summed E-state index contributed by atoms with van der Waals surface area (Å²) in [5.41, 5.74) is 3.15. The summed E-state index contributed by atoms with van der Waals surface area (Å²) in [5.74, 6) is 0.610. The lowest BCUT2D eigenvalue weighted by molar-refractivity contribution is -0.116. The lowest BCUT2D eigenvalue weighted by Gasteiger charge is -2.05. The summed E-state index contributed by atoms with van der Waals surface area (Å²) in [6.45, 7) is 2.00. The first-order chi connectivity index (χ1) is 9.65. The Kier molecular flexibility index (Phi) is 5.24. The molecule has 0 spiro atoms. The Labute approximate surface area is 122 Å². The van der Waals surface area contributed by atoms with Crippen molar-refractivity contribution >= 4 is 16.6 Å². The van der Waals surface area contributed by atoms with E-state index in [4.69, 9.17) is 0 Å². The number of rotatable bonds is 6. The van der Waals surface area contributed by atoms with Crippen molar-refractivity contribution in [2.24, 2.45) is 0 Å². The van der Waals surface area contributed by atoms with E-state index < -0.39 is 10.8 Å². The first-order valence-electron chi connectivity index (χ1n) is 6.60. The minimum Gasteiger partial charge on any atom is -0.298 e. The van der Waals surface area contributed by atoms with Gasteiger partial charge in [0.1, 0.15) is 5.78 Å². The Balaban J connectivity index is 1.89. The minimum absolute atomic E-state index is 0.0307. The summed E-state index contributed by atoms with van der Waals surface area (Å²) in [6.07, 6.45) is 0.361. The van der Waals surface area contributed by atoms with Crippen molar-refractivity contribution in [2.45, 2.75) is 19.1 Å². The Bertz CT molecular complexity index is 605. The predicted molar refractivity (Wildman–Crippen MR) is 83.0 cm³/mol. The van der Waals surface area contributed by atoms with Crippen LogP contribution in [0.1, 0.15) is 16.7 Å². The van der Waals surface area contributed by atoms with Crippen molar-refractivity contribution < 1.29 is 9.00 Å². The molecule has 0 aliphatic carbocycles. The highest BCUT2D eigenvalue weighted by Crippen LogP contribution is 2.10. The highest BCUT2D eigenvalue weighted by Gasteiger charge is 2.10. The van der Waals surface area contributed by atoms with Crippen LogP contribution >= 0.6 is 0 Å². The molecular formula is C17H18O2S. The average molecular weight is 286 g/mol. The van der Waals surface area contributed by atoms with Gasteiger partial charge in [0.15, 0.2) is 0 Å². The fraction of sp³-hybridized carbons (Fsp3) is 0.235. The molecule has 0 amide bonds. The lowest BCUT2D eigenvalue weighted by atomic mass is 10.1. The van der Waals surface area contributed by atoms with E-state index in [0.29, 0.717) is 12.2 Å². The van der Waals surface area contributed by atoms with Gasteiger partial charge in [-0.25, -0.2) is 0 Å². The van der Waals surface area contributed by atoms with Crippen molar-refractivity contribution in [1.82, 2.24) is 0 Å². The summed E-state index contributed by atoms with van der Waals surface area (Å²) in [5, 5.41) is 0. The van der Waals surface area contributed by atoms with Gasteiger partial charge in [-0.05, 0) is 23.6 Å². The van der Waals surface area contributed by atoms with Crippen LogP contribution < -0.4 is 0 Å². The molecule has 0 fully saturated rings. The van der Waals surface area contributed by atoms with Crippen molar-refractivity contribution in [3.05, 3.63) is 71.3 Å². The van der Waals surface area contributed by atoms with E-state index in [9.17, 15) is 9.00 Å². The SMILES string of the molecule is Cc1ccccc1CS(=O)CC(=O)Cc1ccccc1. The molecule has 1 unspecified atom stereocenters. The van der Waals surface area contributed by atoms with Gasteiger partial charge >= 0.3 is 0 Å². The van der Waals surface area contributed by atoms with Crippen LogP contribution in [0.4, 0.5) is 0 Å². The minimum atomic E-state index is -1.13. The molecule has 104 valence electrons. The Morgan fingerprint density at radius 2 is 1.65 bits per heavy atom. The maximum Gasteiger partial charge on any atom is 0.149 e. The summed E-state index contributed by atoms with van der Waals surface area (Å²) >= 11 is 0. The predicted octanol–water partition coefficient (Wildman–Crippen LogP) is 3.06. The van der Waals surface area contributed by atoms with Crippen molar-refractivity contribution in [1.29, 1.82) is 0 Å². The van der Waals surface area contributed by atoms with Crippen LogP contribution in [0.5, 0.6) is 0 Å². The van der Waals surface area contributed by atoms with E-state index in [1.165, 1.54) is 0 Å². The number of hydrogen-bond donors (Lipinski definition) is 0. The number of Topliss-reactive ketones (excluding diaryl/α,β-unsaturated/α-hetero) is 1. The van der Waals surface area contributed by atoms with Crippen LogP contribution in [0.2, 0.25) is 0 Å². The van der Waals surface area contributed by atoms with Gasteiger partial charge in [0, 0.05) is 23.0 Å². The first kappa shape index (κ1) is 14.7. The van der Waals surface area contributed by atoms with Crippen molar-refractivity contribution in [3.8, 4) is 0 Å². The highest BCUT2D eigenvalue weighted by molar-refractivity contribution is 7.84. The molecule has 2 aromatic carbocycles. The summed E-state index contributed by atoms with van der Waals surface area (Å²) in [4.78, 5) is 11.9. The lowest BCUT2D eigenvalue weighted by Crippen LogP contribution is -2.14. The van der Waals surface area contributed by atoms with E-state index >= 15 is 0 Å². The van der Waals surface area contributed by atoms with Crippen LogP contribution in [-0.2, 0) is 27.8 Å². The molecule has 2 rings (SSSR count). The molecule has 0 aliphatic rings. The second-order valence-electron chi connectivity index (χ2n) is 4.86. The highest BCUT2D eigenvalue weighted by atomic mass is 32.2. The van der Waals surface area contributed by atoms with Gasteiger partial charge in [0.2, 0.25) is 0 Å². The van der Waals surface area contributed by atoms with Gasteiger partial charge in [-0.2, -0.15) is 0 Å². The summed E-state index contributed by atoms with van der Waals surface area (Å²) in [6, 6.07) is 17.4. The van der Waals surface area contributed by atoms with E-state index in [1.807, 2.05) is 61.5 Å². The fourth-order valence-electron chi connectivity index (χ4n) is 2.05. The largest absolute Gasteiger partial charge is 0.298 e. The van der Waals surface area contributed by atoms with Crippen molar-refractivity contribution in [2.75, 3.05) is 5.75 Å². The standard InChI is InChI=1S/C17H18O2S/c1-14-7-5-6-10-16(14)12-20(19)13-17(18)11-15-8-3-2-4-9-15/h2-10H,11-13H2,1H3. The maximum atomic E-state index is 12.1. The van der Waals surface area contributed by atoms with E-state index in [0.717, 1.165) is 16.7 Å². The van der Waals surface area contributed by atoms with Crippen LogP contribution in [0, 0.1) is 6.92 Å². The van der Waals surface area contributed by atoms with Crippen LogP contribution in [0.25, 0.3) is 0 Å². The van der Waals surface area contributed by atoms with Crippen LogP contribution in [0.3, 0.4) is 0 Å². The zero-order valence-electron chi connectivity index (χ0n) is 11.5. The average Bonchev–Trinajstić information content (AvgIpc) is 2.42. The van der Waals surface area contributed by atoms with E-state index in [2.05, 4.69) is 0 Å². The maximum absolute atomic E-state index is 12.1. The molecule has 1 atom stereocenters. The number of ketones is 1. The van der Waals surface area contributed by atoms with Crippen molar-refractivity contribution in [3.63, 3.8) is 0 Å². The molecule has 0 saturated carbocycles. The van der Waals surface area contributed by atoms with E-state index in [1.54, 1.807) is 0 Å².